The summed E-state index contributed by atoms with van der Waals surface area (Å²) in [5.74, 6) is -1.90. The van der Waals surface area contributed by atoms with E-state index in [0.717, 1.165) is 0 Å². The smallest absolute Gasteiger partial charge is 0.343 e. The molecule has 1 atom stereocenters. The second-order valence-corrected chi connectivity index (χ2v) is 8.43. The van der Waals surface area contributed by atoms with Crippen LogP contribution < -0.4 is 19.6 Å². The molecule has 1 amide bonds. The quantitative estimate of drug-likeness (QED) is 0.0954. The predicted octanol–water partition coefficient (Wildman–Crippen LogP) is 4.95. The number of benzene rings is 4. The van der Waals surface area contributed by atoms with Gasteiger partial charge in [-0.15, -0.1) is 0 Å². The topological polar surface area (TPSA) is 146 Å². The average Bonchev–Trinajstić information content (AvgIpc) is 2.99. The maximum absolute atomic E-state index is 12.7. The molecule has 0 aliphatic rings. The van der Waals surface area contributed by atoms with Crippen molar-refractivity contribution in [1.82, 2.24) is 5.43 Å². The van der Waals surface area contributed by atoms with Gasteiger partial charge in [0.15, 0.2) is 11.9 Å². The number of hydrogen-bond acceptors (Lipinski definition) is 9. The molecule has 4 rings (SSSR count). The number of para-hydroxylation sites is 2. The van der Waals surface area contributed by atoms with Crippen LogP contribution in [0.4, 0.5) is 5.69 Å². The molecule has 0 aromatic heterocycles. The Morgan fingerprint density at radius 3 is 2.02 bits per heavy atom. The molecule has 0 fully saturated rings. The summed E-state index contributed by atoms with van der Waals surface area (Å²) in [5, 5.41) is 15.1. The first-order chi connectivity index (χ1) is 19.8. The number of nitro groups is 1. The number of nitrogens with one attached hydrogen (secondary N) is 1. The highest BCUT2D eigenvalue weighted by atomic mass is 16.6. The van der Waals surface area contributed by atoms with Crippen LogP contribution in [0.2, 0.25) is 0 Å². The molecule has 4 aromatic carbocycles. The molecule has 0 bridgehead atoms. The molecule has 0 aliphatic heterocycles. The summed E-state index contributed by atoms with van der Waals surface area (Å²) in [6.07, 6.45) is 0.106. The third-order valence-corrected chi connectivity index (χ3v) is 5.53. The van der Waals surface area contributed by atoms with Gasteiger partial charge in [0.2, 0.25) is 0 Å². The number of nitrogens with zero attached hydrogens (tertiary/aromatic N) is 2. The van der Waals surface area contributed by atoms with E-state index >= 15 is 0 Å². The zero-order chi connectivity index (χ0) is 29.2. The molecule has 0 saturated carbocycles. The van der Waals surface area contributed by atoms with Gasteiger partial charge < -0.3 is 14.2 Å². The van der Waals surface area contributed by atoms with E-state index in [1.807, 2.05) is 0 Å². The maximum Gasteiger partial charge on any atom is 0.343 e. The second-order valence-electron chi connectivity index (χ2n) is 8.43. The van der Waals surface area contributed by atoms with E-state index in [4.69, 9.17) is 14.2 Å². The SMILES string of the molecule is CC(Oc1ccccc1[N+](=O)[O-])C(=O)NN=Cc1ccc(OC(=O)c2ccccc2)cc1OC(=O)c1ccccc1. The summed E-state index contributed by atoms with van der Waals surface area (Å²) in [6, 6.07) is 26.6. The first-order valence-corrected chi connectivity index (χ1v) is 12.2. The fraction of sp³-hybridized carbons (Fsp3) is 0.0667. The van der Waals surface area contributed by atoms with Crippen LogP contribution in [0.5, 0.6) is 17.2 Å². The maximum atomic E-state index is 12.7. The molecule has 0 heterocycles. The van der Waals surface area contributed by atoms with Crippen LogP contribution >= 0.6 is 0 Å². The molecule has 0 aliphatic carbocycles. The van der Waals surface area contributed by atoms with E-state index in [1.54, 1.807) is 66.7 Å². The number of amides is 1. The van der Waals surface area contributed by atoms with E-state index < -0.39 is 28.9 Å². The highest BCUT2D eigenvalue weighted by Crippen LogP contribution is 2.27. The summed E-state index contributed by atoms with van der Waals surface area (Å²) < 4.78 is 16.4. The Morgan fingerprint density at radius 1 is 0.805 bits per heavy atom. The zero-order valence-electron chi connectivity index (χ0n) is 21.6. The molecular formula is C30H23N3O8. The summed E-state index contributed by atoms with van der Waals surface area (Å²) in [6.45, 7) is 1.41. The van der Waals surface area contributed by atoms with E-state index in [9.17, 15) is 24.5 Å². The number of nitro benzene ring substituents is 1. The van der Waals surface area contributed by atoms with Gasteiger partial charge in [0.05, 0.1) is 22.3 Å². The minimum absolute atomic E-state index is 0.0134. The summed E-state index contributed by atoms with van der Waals surface area (Å²) in [5.41, 5.74) is 2.91. The molecule has 4 aromatic rings. The fourth-order valence-electron chi connectivity index (χ4n) is 3.45. The largest absolute Gasteiger partial charge is 0.474 e. The van der Waals surface area contributed by atoms with Crippen molar-refractivity contribution in [3.05, 3.63) is 130 Å². The van der Waals surface area contributed by atoms with Crippen LogP contribution in [0.3, 0.4) is 0 Å². The molecule has 11 nitrogen and oxygen atoms in total. The van der Waals surface area contributed by atoms with Crippen molar-refractivity contribution in [3.63, 3.8) is 0 Å². The summed E-state index contributed by atoms with van der Waals surface area (Å²) in [7, 11) is 0. The van der Waals surface area contributed by atoms with Crippen LogP contribution in [0.15, 0.2) is 108 Å². The van der Waals surface area contributed by atoms with Crippen molar-refractivity contribution in [3.8, 4) is 17.2 Å². The van der Waals surface area contributed by atoms with Gasteiger partial charge in [0, 0.05) is 17.7 Å². The van der Waals surface area contributed by atoms with Crippen molar-refractivity contribution >= 4 is 29.7 Å². The first kappa shape index (κ1) is 28.2. The lowest BCUT2D eigenvalue weighted by Crippen LogP contribution is -2.33. The molecule has 0 spiro atoms. The molecule has 41 heavy (non-hydrogen) atoms. The first-order valence-electron chi connectivity index (χ1n) is 12.2. The van der Waals surface area contributed by atoms with E-state index in [-0.39, 0.29) is 34.1 Å². The van der Waals surface area contributed by atoms with E-state index in [0.29, 0.717) is 5.56 Å². The minimum Gasteiger partial charge on any atom is -0.474 e. The van der Waals surface area contributed by atoms with Gasteiger partial charge in [-0.2, -0.15) is 5.10 Å². The molecule has 1 unspecified atom stereocenters. The van der Waals surface area contributed by atoms with Gasteiger partial charge in [-0.25, -0.2) is 15.0 Å². The number of rotatable bonds is 10. The number of ether oxygens (including phenoxy) is 3. The highest BCUT2D eigenvalue weighted by molar-refractivity contribution is 5.94. The van der Waals surface area contributed by atoms with Crippen molar-refractivity contribution < 1.29 is 33.5 Å². The van der Waals surface area contributed by atoms with Gasteiger partial charge in [-0.3, -0.25) is 14.9 Å². The highest BCUT2D eigenvalue weighted by Gasteiger charge is 2.20. The molecule has 0 radical (unpaired) electrons. The number of carbonyl (C=O) groups excluding carboxylic acids is 3. The average molecular weight is 554 g/mol. The lowest BCUT2D eigenvalue weighted by atomic mass is 10.2. The second kappa shape index (κ2) is 13.3. The molecule has 0 saturated heterocycles. The van der Waals surface area contributed by atoms with Crippen LogP contribution in [0.1, 0.15) is 33.2 Å². The Hall–Kier alpha value is -5.84. The van der Waals surface area contributed by atoms with Crippen molar-refractivity contribution in [2.45, 2.75) is 13.0 Å². The van der Waals surface area contributed by atoms with E-state index in [1.165, 1.54) is 49.5 Å². The van der Waals surface area contributed by atoms with Gasteiger partial charge in [-0.1, -0.05) is 48.5 Å². The summed E-state index contributed by atoms with van der Waals surface area (Å²) in [4.78, 5) is 48.3. The van der Waals surface area contributed by atoms with Crippen LogP contribution in [-0.2, 0) is 4.79 Å². The van der Waals surface area contributed by atoms with Crippen LogP contribution in [0, 0.1) is 10.1 Å². The van der Waals surface area contributed by atoms with Crippen LogP contribution in [0.25, 0.3) is 0 Å². The Morgan fingerprint density at radius 2 is 1.39 bits per heavy atom. The third-order valence-electron chi connectivity index (χ3n) is 5.53. The lowest BCUT2D eigenvalue weighted by Gasteiger charge is -2.13. The third kappa shape index (κ3) is 7.60. The van der Waals surface area contributed by atoms with Gasteiger partial charge in [-0.05, 0) is 49.4 Å². The molecule has 1 N–H and O–H groups in total. The van der Waals surface area contributed by atoms with E-state index in [2.05, 4.69) is 10.5 Å². The Bertz CT molecular complexity index is 1590. The van der Waals surface area contributed by atoms with Crippen molar-refractivity contribution in [1.29, 1.82) is 0 Å². The number of carbonyl (C=O) groups is 3. The minimum atomic E-state index is -1.12. The Balaban J connectivity index is 1.50. The fourth-order valence-corrected chi connectivity index (χ4v) is 3.45. The number of hydrazone groups is 1. The normalized spacial score (nSPS) is 11.3. The Kier molecular flexibility index (Phi) is 9.13. The molecule has 206 valence electrons. The predicted molar refractivity (Wildman–Crippen MR) is 148 cm³/mol. The zero-order valence-corrected chi connectivity index (χ0v) is 21.6. The Labute approximate surface area is 234 Å². The molecular weight excluding hydrogens is 530 g/mol. The lowest BCUT2D eigenvalue weighted by molar-refractivity contribution is -0.386. The van der Waals surface area contributed by atoms with Gasteiger partial charge in [0.1, 0.15) is 11.5 Å². The number of esters is 2. The van der Waals surface area contributed by atoms with Crippen LogP contribution in [-0.4, -0.2) is 35.1 Å². The van der Waals surface area contributed by atoms with Gasteiger partial charge in [0.25, 0.3) is 5.91 Å². The molecule has 11 heteroatoms. The van der Waals surface area contributed by atoms with Gasteiger partial charge >= 0.3 is 17.6 Å². The standard InChI is InChI=1S/C30H23N3O8/c1-20(39-26-15-9-8-14-25(26)33(37)38)28(34)32-31-19-23-16-17-24(40-29(35)21-10-4-2-5-11-21)18-27(23)41-30(36)22-12-6-3-7-13-22/h2-20H,1H3,(H,32,34). The summed E-state index contributed by atoms with van der Waals surface area (Å²) >= 11 is 0. The number of hydrogen-bond donors (Lipinski definition) is 1. The monoisotopic (exact) mass is 553 g/mol. The van der Waals surface area contributed by atoms with Crippen molar-refractivity contribution in [2.75, 3.05) is 0 Å². The van der Waals surface area contributed by atoms with Crippen molar-refractivity contribution in [2.24, 2.45) is 5.10 Å².